The number of ether oxygens (including phenoxy) is 2. The minimum Gasteiger partial charge on any atom is -0.462 e. The van der Waals surface area contributed by atoms with Crippen LogP contribution in [0.1, 0.15) is 41.4 Å². The number of nitrogen functional groups attached to an aromatic ring is 1. The maximum absolute atomic E-state index is 12.0. The quantitative estimate of drug-likeness (QED) is 0.810. The van der Waals surface area contributed by atoms with Gasteiger partial charge >= 0.3 is 5.97 Å². The van der Waals surface area contributed by atoms with E-state index < -0.39 is 5.97 Å². The van der Waals surface area contributed by atoms with Crippen LogP contribution in [-0.2, 0) is 9.47 Å². The molecule has 2 rings (SSSR count). The van der Waals surface area contributed by atoms with Crippen molar-refractivity contribution in [3.05, 3.63) is 10.4 Å². The second-order valence-electron chi connectivity index (χ2n) is 4.75. The molecular weight excluding hydrogens is 290 g/mol. The highest BCUT2D eigenvalue weighted by molar-refractivity contribution is 7.17. The molecule has 114 valence electrons. The third-order valence-corrected chi connectivity index (χ3v) is 4.36. The number of rotatable bonds is 5. The summed E-state index contributed by atoms with van der Waals surface area (Å²) in [5.74, 6) is -0.500. The highest BCUT2D eigenvalue weighted by Gasteiger charge is 2.24. The lowest BCUT2D eigenvalue weighted by Gasteiger charge is -2.23. The molecule has 1 atom stereocenters. The fourth-order valence-corrected chi connectivity index (χ4v) is 3.14. The molecule has 6 nitrogen and oxygen atoms in total. The summed E-state index contributed by atoms with van der Waals surface area (Å²) >= 11 is 1.18. The Morgan fingerprint density at radius 2 is 2.43 bits per heavy atom. The van der Waals surface area contributed by atoms with Gasteiger partial charge in [-0.25, -0.2) is 4.79 Å². The predicted octanol–water partition coefficient (Wildman–Crippen LogP) is 2.36. The molecule has 1 fully saturated rings. The zero-order valence-corrected chi connectivity index (χ0v) is 12.8. The first-order chi connectivity index (χ1) is 10.2. The molecule has 1 saturated heterocycles. The van der Waals surface area contributed by atoms with Crippen LogP contribution in [0.25, 0.3) is 0 Å². The Morgan fingerprint density at radius 3 is 3.05 bits per heavy atom. The molecule has 1 aromatic heterocycles. The van der Waals surface area contributed by atoms with Crippen LogP contribution in [0.2, 0.25) is 0 Å². The number of carbonyl (C=O) groups is 1. The average Bonchev–Trinajstić information content (AvgIpc) is 2.82. The molecule has 0 aromatic carbocycles. The second-order valence-corrected chi connectivity index (χ2v) is 5.77. The number of nitriles is 1. The Kier molecular flexibility index (Phi) is 5.42. The zero-order chi connectivity index (χ0) is 15.2. The van der Waals surface area contributed by atoms with E-state index in [0.29, 0.717) is 16.4 Å². The normalized spacial score (nSPS) is 18.0. The summed E-state index contributed by atoms with van der Waals surface area (Å²) in [6.07, 6.45) is 3.36. The summed E-state index contributed by atoms with van der Waals surface area (Å²) in [6, 6.07) is 2.01. The molecule has 0 saturated carbocycles. The number of anilines is 2. The first-order valence-electron chi connectivity index (χ1n) is 7.02. The van der Waals surface area contributed by atoms with Gasteiger partial charge in [-0.05, 0) is 26.2 Å². The van der Waals surface area contributed by atoms with Crippen LogP contribution in [0, 0.1) is 11.3 Å². The lowest BCUT2D eigenvalue weighted by atomic mass is 10.1. The van der Waals surface area contributed by atoms with E-state index in [9.17, 15) is 4.79 Å². The van der Waals surface area contributed by atoms with Gasteiger partial charge in [0.25, 0.3) is 0 Å². The Labute approximate surface area is 127 Å². The number of nitrogens with zero attached hydrogens (tertiary/aromatic N) is 1. The van der Waals surface area contributed by atoms with Crippen molar-refractivity contribution in [2.24, 2.45) is 0 Å². The first kappa shape index (κ1) is 15.6. The molecule has 1 aromatic rings. The molecule has 0 spiro atoms. The van der Waals surface area contributed by atoms with E-state index >= 15 is 0 Å². The van der Waals surface area contributed by atoms with Gasteiger partial charge in [0, 0.05) is 13.2 Å². The van der Waals surface area contributed by atoms with Crippen molar-refractivity contribution in [2.75, 3.05) is 30.8 Å². The van der Waals surface area contributed by atoms with Crippen molar-refractivity contribution in [1.82, 2.24) is 0 Å². The molecule has 0 amide bonds. The Bertz CT molecular complexity index is 544. The topological polar surface area (TPSA) is 97.4 Å². The van der Waals surface area contributed by atoms with Crippen LogP contribution >= 0.6 is 11.3 Å². The SMILES string of the molecule is CCOC(=O)c1c(NCC2CCCCO2)sc(C#N)c1N. The third kappa shape index (κ3) is 3.65. The Morgan fingerprint density at radius 1 is 1.62 bits per heavy atom. The lowest BCUT2D eigenvalue weighted by Crippen LogP contribution is -2.27. The second kappa shape index (κ2) is 7.29. The van der Waals surface area contributed by atoms with Crippen LogP contribution in [0.3, 0.4) is 0 Å². The van der Waals surface area contributed by atoms with E-state index in [1.165, 1.54) is 11.3 Å². The molecule has 1 aliphatic rings. The standard InChI is InChI=1S/C14H19N3O3S/c1-2-19-14(18)11-12(16)10(7-15)21-13(11)17-8-9-5-3-4-6-20-9/h9,17H,2-6,8,16H2,1H3. The number of hydrogen-bond acceptors (Lipinski definition) is 7. The molecule has 0 radical (unpaired) electrons. The minimum atomic E-state index is -0.500. The van der Waals surface area contributed by atoms with E-state index in [4.69, 9.17) is 20.5 Å². The summed E-state index contributed by atoms with van der Waals surface area (Å²) in [5.41, 5.74) is 6.32. The van der Waals surface area contributed by atoms with Crippen LogP contribution in [0.5, 0.6) is 0 Å². The molecular formula is C14H19N3O3S. The van der Waals surface area contributed by atoms with E-state index in [0.717, 1.165) is 25.9 Å². The maximum Gasteiger partial charge on any atom is 0.343 e. The van der Waals surface area contributed by atoms with Crippen LogP contribution in [0.15, 0.2) is 0 Å². The number of esters is 1. The van der Waals surface area contributed by atoms with Gasteiger partial charge in [0.15, 0.2) is 0 Å². The number of thiophene rings is 1. The molecule has 0 aliphatic carbocycles. The van der Waals surface area contributed by atoms with Gasteiger partial charge in [0.05, 0.1) is 18.4 Å². The van der Waals surface area contributed by atoms with Crippen LogP contribution < -0.4 is 11.1 Å². The van der Waals surface area contributed by atoms with Crippen molar-refractivity contribution >= 4 is 28.0 Å². The summed E-state index contributed by atoms with van der Waals surface area (Å²) in [5, 5.41) is 12.8. The van der Waals surface area contributed by atoms with Gasteiger partial charge in [0.1, 0.15) is 21.5 Å². The van der Waals surface area contributed by atoms with Gasteiger partial charge < -0.3 is 20.5 Å². The Hall–Kier alpha value is -1.78. The summed E-state index contributed by atoms with van der Waals surface area (Å²) in [7, 11) is 0. The summed E-state index contributed by atoms with van der Waals surface area (Å²) < 4.78 is 10.6. The van der Waals surface area contributed by atoms with Gasteiger partial charge in [-0.3, -0.25) is 0 Å². The van der Waals surface area contributed by atoms with Crippen molar-refractivity contribution in [2.45, 2.75) is 32.3 Å². The fourth-order valence-electron chi connectivity index (χ4n) is 2.23. The molecule has 7 heteroatoms. The highest BCUT2D eigenvalue weighted by atomic mass is 32.1. The first-order valence-corrected chi connectivity index (χ1v) is 7.84. The fraction of sp³-hybridized carbons (Fsp3) is 0.571. The van der Waals surface area contributed by atoms with Crippen molar-refractivity contribution in [3.8, 4) is 6.07 Å². The van der Waals surface area contributed by atoms with Gasteiger partial charge in [-0.2, -0.15) is 5.26 Å². The summed E-state index contributed by atoms with van der Waals surface area (Å²) in [4.78, 5) is 12.3. The Balaban J connectivity index is 2.13. The van der Waals surface area contributed by atoms with Crippen LogP contribution in [-0.4, -0.2) is 31.8 Å². The minimum absolute atomic E-state index is 0.127. The monoisotopic (exact) mass is 309 g/mol. The van der Waals surface area contributed by atoms with E-state index in [-0.39, 0.29) is 24.0 Å². The van der Waals surface area contributed by atoms with Gasteiger partial charge in [0.2, 0.25) is 0 Å². The molecule has 2 heterocycles. The lowest BCUT2D eigenvalue weighted by molar-refractivity contribution is 0.0247. The van der Waals surface area contributed by atoms with Crippen molar-refractivity contribution in [3.63, 3.8) is 0 Å². The molecule has 0 bridgehead atoms. The van der Waals surface area contributed by atoms with Gasteiger partial charge in [-0.15, -0.1) is 11.3 Å². The number of carbonyl (C=O) groups excluding carboxylic acids is 1. The third-order valence-electron chi connectivity index (χ3n) is 3.29. The molecule has 21 heavy (non-hydrogen) atoms. The maximum atomic E-state index is 12.0. The summed E-state index contributed by atoms with van der Waals surface area (Å²) in [6.45, 7) is 3.36. The van der Waals surface area contributed by atoms with Crippen molar-refractivity contribution < 1.29 is 14.3 Å². The zero-order valence-electron chi connectivity index (χ0n) is 12.0. The average molecular weight is 309 g/mol. The molecule has 1 unspecified atom stereocenters. The number of hydrogen-bond donors (Lipinski definition) is 2. The van der Waals surface area contributed by atoms with E-state index in [1.54, 1.807) is 6.92 Å². The number of nitrogens with two attached hydrogens (primary N) is 1. The van der Waals surface area contributed by atoms with E-state index in [1.807, 2.05) is 6.07 Å². The largest absolute Gasteiger partial charge is 0.462 e. The van der Waals surface area contributed by atoms with Crippen molar-refractivity contribution in [1.29, 1.82) is 5.26 Å². The molecule has 1 aliphatic heterocycles. The molecule has 3 N–H and O–H groups in total. The smallest absolute Gasteiger partial charge is 0.343 e. The van der Waals surface area contributed by atoms with E-state index in [2.05, 4.69) is 5.32 Å². The number of nitrogens with one attached hydrogen (secondary N) is 1. The van der Waals surface area contributed by atoms with Crippen LogP contribution in [0.4, 0.5) is 10.7 Å². The predicted molar refractivity (Wildman–Crippen MR) is 81.5 cm³/mol. The highest BCUT2D eigenvalue weighted by Crippen LogP contribution is 2.36. The van der Waals surface area contributed by atoms with Gasteiger partial charge in [-0.1, -0.05) is 0 Å².